The summed E-state index contributed by atoms with van der Waals surface area (Å²) in [6, 6.07) is 0. The van der Waals surface area contributed by atoms with E-state index in [2.05, 4.69) is 15.0 Å². The Morgan fingerprint density at radius 3 is 2.22 bits per heavy atom. The summed E-state index contributed by atoms with van der Waals surface area (Å²) >= 11 is 0. The Morgan fingerprint density at radius 2 is 1.78 bits per heavy atom. The van der Waals surface area contributed by atoms with E-state index in [0.29, 0.717) is 17.4 Å². The molecule has 0 aromatic carbocycles. The zero-order valence-electron chi connectivity index (χ0n) is 7.29. The first-order valence-corrected chi connectivity index (χ1v) is 2.57. The molecule has 0 saturated carbocycles. The minimum absolute atomic E-state index is 0.0509. The topological polar surface area (TPSA) is 64.7 Å². The zero-order chi connectivity index (χ0) is 8.43. The second-order valence-electron chi connectivity index (χ2n) is 1.73. The minimum atomic E-state index is 0.0509. The number of anilines is 1. The molecule has 0 atom stereocenters. The van der Waals surface area contributed by atoms with Crippen molar-refractivity contribution in [2.75, 3.05) is 5.72 Å². The van der Waals surface area contributed by atoms with Gasteiger partial charge in [0.05, 0.1) is 0 Å². The van der Waals surface area contributed by atoms with Crippen molar-refractivity contribution in [1.82, 2.24) is 15.0 Å². The van der Waals surface area contributed by atoms with E-state index in [4.69, 9.17) is 2.82 Å². The van der Waals surface area contributed by atoms with Gasteiger partial charge < -0.3 is 5.72 Å². The first-order valence-electron chi connectivity index (χ1n) is 3.46. The Bertz CT molecular complexity index is 242. The molecule has 0 aliphatic carbocycles. The molecule has 1 rings (SSSR count). The van der Waals surface area contributed by atoms with Crippen LogP contribution in [-0.4, -0.2) is 15.0 Å². The summed E-state index contributed by atoms with van der Waals surface area (Å²) < 4.78 is 13.7. The predicted molar refractivity (Wildman–Crippen MR) is 33.7 cm³/mol. The van der Waals surface area contributed by atoms with Gasteiger partial charge in [0.2, 0.25) is 5.95 Å². The quantitative estimate of drug-likeness (QED) is 0.581. The summed E-state index contributed by atoms with van der Waals surface area (Å²) in [4.78, 5) is 11.4. The van der Waals surface area contributed by atoms with Gasteiger partial charge in [-0.1, -0.05) is 0 Å². The highest BCUT2D eigenvalue weighted by molar-refractivity contribution is 5.14. The SMILES string of the molecule is [3H]N([3H])c1nc(C)nc(C)n1. The van der Waals surface area contributed by atoms with Crippen molar-refractivity contribution >= 4 is 5.95 Å². The molecule has 0 fully saturated rings. The average molecular weight is 128 g/mol. The standard InChI is InChI=1S/C5H8N4/c1-3-7-4(2)9-5(6)8-3/h1-2H3,(H2,6,7,8,9)/i/hT2. The molecule has 0 aliphatic heterocycles. The summed E-state index contributed by atoms with van der Waals surface area (Å²) in [5.41, 5.74) is 0.363. The number of nitrogens with two attached hydrogens (primary N) is 1. The van der Waals surface area contributed by atoms with E-state index in [0.717, 1.165) is 0 Å². The number of hydrogen-bond donors (Lipinski definition) is 1. The van der Waals surface area contributed by atoms with Gasteiger partial charge in [0.15, 0.2) is 2.82 Å². The number of nitrogens with zero attached hydrogens (tertiary/aromatic N) is 3. The van der Waals surface area contributed by atoms with E-state index in [1.165, 1.54) is 0 Å². The molecule has 4 heteroatoms. The van der Waals surface area contributed by atoms with Crippen molar-refractivity contribution in [1.29, 1.82) is 0 Å². The Hall–Kier alpha value is -1.19. The Balaban J connectivity index is 3.08. The van der Waals surface area contributed by atoms with Crippen LogP contribution >= 0.6 is 0 Å². The van der Waals surface area contributed by atoms with Crippen LogP contribution in [0.2, 0.25) is 2.82 Å². The highest BCUT2D eigenvalue weighted by Crippen LogP contribution is 1.92. The molecule has 1 heterocycles. The number of rotatable bonds is 1. The summed E-state index contributed by atoms with van der Waals surface area (Å²) in [5.74, 6) is 1.10. The van der Waals surface area contributed by atoms with Gasteiger partial charge in [0, 0.05) is 0 Å². The average Bonchev–Trinajstić information content (AvgIpc) is 1.85. The molecule has 4 nitrogen and oxygen atoms in total. The monoisotopic (exact) mass is 128 g/mol. The third-order valence-corrected chi connectivity index (χ3v) is 0.847. The maximum Gasteiger partial charge on any atom is 0.223 e. The molecule has 0 amide bonds. The molecule has 9 heavy (non-hydrogen) atoms. The van der Waals surface area contributed by atoms with Crippen LogP contribution in [0.4, 0.5) is 5.95 Å². The maximum absolute atomic E-state index is 6.86. The summed E-state index contributed by atoms with van der Waals surface area (Å²) in [6.45, 7) is 3.39. The molecule has 1 aromatic heterocycles. The second kappa shape index (κ2) is 1.97. The van der Waals surface area contributed by atoms with Gasteiger partial charge in [-0.05, 0) is 13.8 Å². The van der Waals surface area contributed by atoms with Crippen LogP contribution in [0.25, 0.3) is 0 Å². The van der Waals surface area contributed by atoms with Crippen LogP contribution in [0, 0.1) is 13.8 Å². The molecule has 48 valence electrons. The molecular formula is C5H8N4. The minimum Gasteiger partial charge on any atom is -0.368 e. The normalized spacial score (nSPS) is 12.2. The van der Waals surface area contributed by atoms with Crippen molar-refractivity contribution < 1.29 is 2.82 Å². The van der Waals surface area contributed by atoms with Crippen LogP contribution in [0.3, 0.4) is 0 Å². The largest absolute Gasteiger partial charge is 0.368 e. The lowest BCUT2D eigenvalue weighted by Gasteiger charge is -1.93. The van der Waals surface area contributed by atoms with Gasteiger partial charge in [0.1, 0.15) is 11.6 Å². The highest BCUT2D eigenvalue weighted by Gasteiger charge is 1.92. The van der Waals surface area contributed by atoms with E-state index in [1.54, 1.807) is 13.8 Å². The smallest absolute Gasteiger partial charge is 0.223 e. The van der Waals surface area contributed by atoms with Crippen LogP contribution in [0.15, 0.2) is 0 Å². The molecule has 0 aliphatic rings. The molecule has 0 unspecified atom stereocenters. The van der Waals surface area contributed by atoms with Crippen molar-refractivity contribution in [2.45, 2.75) is 13.8 Å². The van der Waals surface area contributed by atoms with Crippen LogP contribution in [-0.2, 0) is 0 Å². The fourth-order valence-electron chi connectivity index (χ4n) is 0.599. The molecule has 1 aromatic rings. The number of aromatic nitrogens is 3. The van der Waals surface area contributed by atoms with E-state index >= 15 is 0 Å². The second-order valence-corrected chi connectivity index (χ2v) is 1.73. The fourth-order valence-corrected chi connectivity index (χ4v) is 0.599. The van der Waals surface area contributed by atoms with Crippen molar-refractivity contribution in [3.8, 4) is 0 Å². The number of nitrogen functional groups attached to an aromatic ring is 1. The lowest BCUT2D eigenvalue weighted by molar-refractivity contribution is 0.933. The van der Waals surface area contributed by atoms with E-state index in [9.17, 15) is 0 Å². The molecule has 0 bridgehead atoms. The van der Waals surface area contributed by atoms with Crippen molar-refractivity contribution in [3.05, 3.63) is 11.6 Å². The zero-order valence-corrected chi connectivity index (χ0v) is 5.29. The molecule has 2 N–H and O–H groups in total. The van der Waals surface area contributed by atoms with Gasteiger partial charge >= 0.3 is 0 Å². The number of aryl methyl sites for hydroxylation is 2. The summed E-state index contributed by atoms with van der Waals surface area (Å²) in [6.07, 6.45) is 0. The predicted octanol–water partition coefficient (Wildman–Crippen LogP) is 0.0706. The first-order chi connectivity index (χ1) is 5.09. The lowest BCUT2D eigenvalue weighted by atomic mass is 10.6. The third kappa shape index (κ3) is 1.35. The molecule has 0 radical (unpaired) electrons. The number of hydrogen-bond acceptors (Lipinski definition) is 4. The van der Waals surface area contributed by atoms with Gasteiger partial charge in [-0.3, -0.25) is 0 Å². The first kappa shape index (κ1) is 3.76. The van der Waals surface area contributed by atoms with Crippen LogP contribution < -0.4 is 5.72 Å². The van der Waals surface area contributed by atoms with Gasteiger partial charge in [0.25, 0.3) is 0 Å². The van der Waals surface area contributed by atoms with E-state index < -0.39 is 0 Å². The molecular weight excluding hydrogens is 116 g/mol. The van der Waals surface area contributed by atoms with Gasteiger partial charge in [-0.25, -0.2) is 4.98 Å². The fraction of sp³-hybridized carbons (Fsp3) is 0.400. The van der Waals surface area contributed by atoms with Gasteiger partial charge in [-0.2, -0.15) is 9.97 Å². The Labute approximate surface area is 56.1 Å². The Kier molecular flexibility index (Phi) is 0.823. The summed E-state index contributed by atoms with van der Waals surface area (Å²) in [7, 11) is 0. The molecule has 0 spiro atoms. The summed E-state index contributed by atoms with van der Waals surface area (Å²) in [5, 5.41) is 0. The van der Waals surface area contributed by atoms with Crippen molar-refractivity contribution in [2.24, 2.45) is 0 Å². The lowest BCUT2D eigenvalue weighted by Crippen LogP contribution is -2.01. The third-order valence-electron chi connectivity index (χ3n) is 0.847. The van der Waals surface area contributed by atoms with Gasteiger partial charge in [-0.15, -0.1) is 0 Å². The van der Waals surface area contributed by atoms with E-state index in [-0.39, 0.29) is 5.95 Å². The van der Waals surface area contributed by atoms with E-state index in [1.807, 2.05) is 0 Å². The molecule has 0 saturated heterocycles. The maximum atomic E-state index is 6.86. The van der Waals surface area contributed by atoms with Crippen LogP contribution in [0.5, 0.6) is 0 Å². The highest BCUT2D eigenvalue weighted by atomic mass is 15.1. The van der Waals surface area contributed by atoms with Crippen molar-refractivity contribution in [3.63, 3.8) is 0 Å². The Morgan fingerprint density at radius 1 is 1.22 bits per heavy atom. The van der Waals surface area contributed by atoms with Crippen LogP contribution in [0.1, 0.15) is 11.6 Å².